The third-order valence-electron chi connectivity index (χ3n) is 2.78. The first kappa shape index (κ1) is 17.8. The number of rotatable bonds is 6. The largest absolute Gasteiger partial charge is 0.463 e. The Morgan fingerprint density at radius 1 is 1.19 bits per heavy atom. The Hall–Kier alpha value is -1.28. The Morgan fingerprint density at radius 2 is 1.86 bits per heavy atom. The van der Waals surface area contributed by atoms with Crippen LogP contribution in [0.1, 0.15) is 27.7 Å². The first-order valence-electron chi connectivity index (χ1n) is 6.69. The molecule has 7 nitrogen and oxygen atoms in total. The summed E-state index contributed by atoms with van der Waals surface area (Å²) in [7, 11) is 0. The second-order valence-electron chi connectivity index (χ2n) is 4.60. The first-order valence-corrected chi connectivity index (χ1v) is 7.74. The van der Waals surface area contributed by atoms with Gasteiger partial charge < -0.3 is 19.5 Å². The number of hydrogen-bond donors (Lipinski definition) is 1. The predicted octanol–water partition coefficient (Wildman–Crippen LogP) is 0.464. The van der Waals surface area contributed by atoms with Crippen LogP contribution in [0.3, 0.4) is 0 Å². The van der Waals surface area contributed by atoms with E-state index in [1.807, 2.05) is 6.92 Å². The number of ether oxygens (including phenoxy) is 3. The highest BCUT2D eigenvalue weighted by Gasteiger charge is 2.47. The van der Waals surface area contributed by atoms with E-state index in [0.717, 1.165) is 5.75 Å². The van der Waals surface area contributed by atoms with Crippen LogP contribution in [0.5, 0.6) is 0 Å². The molecule has 1 heterocycles. The Labute approximate surface area is 128 Å². The van der Waals surface area contributed by atoms with Crippen molar-refractivity contribution in [3.8, 4) is 0 Å². The maximum absolute atomic E-state index is 11.4. The molecular weight excluding hydrogens is 298 g/mol. The van der Waals surface area contributed by atoms with Gasteiger partial charge in [-0.05, 0) is 5.75 Å². The van der Waals surface area contributed by atoms with E-state index in [2.05, 4.69) is 5.32 Å². The van der Waals surface area contributed by atoms with E-state index in [-0.39, 0.29) is 18.0 Å². The zero-order valence-electron chi connectivity index (χ0n) is 12.6. The van der Waals surface area contributed by atoms with Crippen LogP contribution >= 0.6 is 11.8 Å². The lowest BCUT2D eigenvalue weighted by atomic mass is 10.1. The number of carbonyl (C=O) groups is 3. The molecular formula is C13H21NO6S. The fraction of sp³-hybridized carbons (Fsp3) is 0.769. The van der Waals surface area contributed by atoms with Crippen molar-refractivity contribution in [3.05, 3.63) is 0 Å². The average molecular weight is 319 g/mol. The zero-order valence-corrected chi connectivity index (χ0v) is 13.4. The molecule has 1 fully saturated rings. The lowest BCUT2D eigenvalue weighted by Gasteiger charge is -2.23. The molecule has 8 heteroatoms. The van der Waals surface area contributed by atoms with Crippen LogP contribution in [0.4, 0.5) is 0 Å². The summed E-state index contributed by atoms with van der Waals surface area (Å²) in [4.78, 5) is 33.6. The van der Waals surface area contributed by atoms with E-state index in [1.165, 1.54) is 32.5 Å². The number of amides is 1. The van der Waals surface area contributed by atoms with Crippen LogP contribution in [0.2, 0.25) is 0 Å². The minimum Gasteiger partial charge on any atom is -0.463 e. The van der Waals surface area contributed by atoms with Crippen LogP contribution < -0.4 is 5.32 Å². The van der Waals surface area contributed by atoms with Crippen LogP contribution in [-0.2, 0) is 28.6 Å². The van der Waals surface area contributed by atoms with Crippen molar-refractivity contribution in [2.75, 3.05) is 12.4 Å². The van der Waals surface area contributed by atoms with E-state index >= 15 is 0 Å². The Balaban J connectivity index is 2.87. The van der Waals surface area contributed by atoms with E-state index < -0.39 is 30.2 Å². The number of carbonyl (C=O) groups excluding carboxylic acids is 3. The van der Waals surface area contributed by atoms with Gasteiger partial charge in [0.25, 0.3) is 0 Å². The summed E-state index contributed by atoms with van der Waals surface area (Å²) in [5, 5.41) is 2.75. The van der Waals surface area contributed by atoms with Gasteiger partial charge in [0.05, 0.1) is 0 Å². The van der Waals surface area contributed by atoms with Gasteiger partial charge in [0.2, 0.25) is 5.91 Å². The third kappa shape index (κ3) is 5.55. The van der Waals surface area contributed by atoms with Gasteiger partial charge in [0.1, 0.15) is 24.2 Å². The Kier molecular flexibility index (Phi) is 6.97. The summed E-state index contributed by atoms with van der Waals surface area (Å²) in [6.45, 7) is 5.90. The van der Waals surface area contributed by atoms with Gasteiger partial charge in [-0.1, -0.05) is 6.92 Å². The number of esters is 2. The summed E-state index contributed by atoms with van der Waals surface area (Å²) in [6, 6.07) is -0.475. The van der Waals surface area contributed by atoms with Crippen molar-refractivity contribution in [1.82, 2.24) is 5.32 Å². The molecule has 0 aliphatic carbocycles. The molecule has 0 unspecified atom stereocenters. The van der Waals surface area contributed by atoms with Gasteiger partial charge in [-0.3, -0.25) is 14.4 Å². The average Bonchev–Trinajstić information content (AvgIpc) is 2.65. The van der Waals surface area contributed by atoms with Gasteiger partial charge in [-0.2, -0.15) is 0 Å². The Bertz CT molecular complexity index is 402. The molecule has 1 aliphatic rings. The molecule has 0 radical (unpaired) electrons. The quantitative estimate of drug-likeness (QED) is 0.711. The van der Waals surface area contributed by atoms with E-state index in [0.29, 0.717) is 0 Å². The minimum atomic E-state index is -0.685. The van der Waals surface area contributed by atoms with Crippen molar-refractivity contribution in [2.24, 2.45) is 0 Å². The number of nitrogens with one attached hydrogen (secondary N) is 1. The van der Waals surface area contributed by atoms with Crippen molar-refractivity contribution in [2.45, 2.75) is 51.4 Å². The van der Waals surface area contributed by atoms with Crippen molar-refractivity contribution >= 4 is 29.6 Å². The molecule has 1 N–H and O–H groups in total. The first-order chi connectivity index (χ1) is 9.85. The van der Waals surface area contributed by atoms with E-state index in [1.54, 1.807) is 0 Å². The monoisotopic (exact) mass is 319 g/mol. The van der Waals surface area contributed by atoms with Gasteiger partial charge in [-0.15, -0.1) is 11.8 Å². The number of thioether (sulfide) groups is 1. The van der Waals surface area contributed by atoms with Gasteiger partial charge >= 0.3 is 11.9 Å². The molecule has 0 aromatic heterocycles. The normalized spacial score (nSPS) is 28.0. The lowest BCUT2D eigenvalue weighted by Crippen LogP contribution is -2.48. The summed E-state index contributed by atoms with van der Waals surface area (Å²) in [5.74, 6) is -0.388. The zero-order chi connectivity index (χ0) is 16.0. The summed E-state index contributed by atoms with van der Waals surface area (Å²) < 4.78 is 16.0. The molecule has 1 rings (SSSR count). The maximum atomic E-state index is 11.4. The molecule has 1 aliphatic heterocycles. The second-order valence-corrected chi connectivity index (χ2v) is 5.98. The standard InChI is InChI=1S/C13H21NO6S/c1-5-21-13-11(14-7(2)15)12(19-9(4)17)10(20-13)6-18-8(3)16/h10-13H,5-6H2,1-4H3,(H,14,15)/t10-,11+,12+,13-/m0/s1. The summed E-state index contributed by atoms with van der Waals surface area (Å²) in [5.41, 5.74) is -0.358. The fourth-order valence-corrected chi connectivity index (χ4v) is 3.07. The molecule has 1 amide bonds. The smallest absolute Gasteiger partial charge is 0.303 e. The van der Waals surface area contributed by atoms with Crippen LogP contribution in [0, 0.1) is 0 Å². The van der Waals surface area contributed by atoms with Crippen molar-refractivity contribution in [1.29, 1.82) is 0 Å². The third-order valence-corrected chi connectivity index (χ3v) is 3.84. The molecule has 1 saturated heterocycles. The van der Waals surface area contributed by atoms with Crippen LogP contribution in [0.25, 0.3) is 0 Å². The van der Waals surface area contributed by atoms with Crippen LogP contribution in [-0.4, -0.2) is 53.9 Å². The lowest BCUT2D eigenvalue weighted by molar-refractivity contribution is -0.155. The second kappa shape index (κ2) is 8.23. The SMILES string of the molecule is CCS[C@@H]1O[C@@H](COC(C)=O)[C@@H](OC(C)=O)[C@H]1NC(C)=O. The predicted molar refractivity (Wildman–Crippen MR) is 76.6 cm³/mol. The molecule has 21 heavy (non-hydrogen) atoms. The molecule has 0 bridgehead atoms. The highest BCUT2D eigenvalue weighted by atomic mass is 32.2. The fourth-order valence-electron chi connectivity index (χ4n) is 2.09. The molecule has 0 spiro atoms. The van der Waals surface area contributed by atoms with Gasteiger partial charge in [0, 0.05) is 20.8 Å². The van der Waals surface area contributed by atoms with Crippen molar-refractivity contribution in [3.63, 3.8) is 0 Å². The van der Waals surface area contributed by atoms with Crippen LogP contribution in [0.15, 0.2) is 0 Å². The summed E-state index contributed by atoms with van der Waals surface area (Å²) in [6.07, 6.45) is -1.28. The highest BCUT2D eigenvalue weighted by molar-refractivity contribution is 7.99. The Morgan fingerprint density at radius 3 is 2.33 bits per heavy atom. The maximum Gasteiger partial charge on any atom is 0.303 e. The molecule has 0 saturated carbocycles. The summed E-state index contributed by atoms with van der Waals surface area (Å²) >= 11 is 1.49. The topological polar surface area (TPSA) is 90.9 Å². The van der Waals surface area contributed by atoms with E-state index in [4.69, 9.17) is 14.2 Å². The molecule has 0 aromatic rings. The van der Waals surface area contributed by atoms with Gasteiger partial charge in [0.15, 0.2) is 6.10 Å². The van der Waals surface area contributed by atoms with E-state index in [9.17, 15) is 14.4 Å². The molecule has 120 valence electrons. The van der Waals surface area contributed by atoms with Gasteiger partial charge in [-0.25, -0.2) is 0 Å². The minimum absolute atomic E-state index is 0.0237. The number of hydrogen-bond acceptors (Lipinski definition) is 7. The highest BCUT2D eigenvalue weighted by Crippen LogP contribution is 2.31. The van der Waals surface area contributed by atoms with Crippen molar-refractivity contribution < 1.29 is 28.6 Å². The molecule has 4 atom stereocenters. The molecule has 0 aromatic carbocycles.